The molecule has 0 heterocycles. The van der Waals surface area contributed by atoms with Crippen LogP contribution in [0.15, 0.2) is 18.2 Å². The Labute approximate surface area is 122 Å². The predicted molar refractivity (Wildman–Crippen MR) is 83.7 cm³/mol. The maximum absolute atomic E-state index is 14.1. The van der Waals surface area contributed by atoms with Gasteiger partial charge in [0.05, 0.1) is 5.69 Å². The fourth-order valence-corrected chi connectivity index (χ4v) is 2.93. The highest BCUT2D eigenvalue weighted by Gasteiger charge is 2.20. The molecule has 20 heavy (non-hydrogen) atoms. The molecular formula is C17H27FN2. The summed E-state index contributed by atoms with van der Waals surface area (Å²) in [5, 5.41) is 3.39. The summed E-state index contributed by atoms with van der Waals surface area (Å²) in [5.74, 6) is -0.105. The van der Waals surface area contributed by atoms with Crippen LogP contribution in [0.3, 0.4) is 0 Å². The minimum atomic E-state index is -0.105. The van der Waals surface area contributed by atoms with Crippen LogP contribution >= 0.6 is 0 Å². The first kappa shape index (κ1) is 15.3. The number of nitrogens with one attached hydrogen (secondary N) is 1. The van der Waals surface area contributed by atoms with Gasteiger partial charge in [0.15, 0.2) is 0 Å². The van der Waals surface area contributed by atoms with Gasteiger partial charge in [-0.2, -0.15) is 0 Å². The summed E-state index contributed by atoms with van der Waals surface area (Å²) in [6, 6.07) is 6.42. The summed E-state index contributed by atoms with van der Waals surface area (Å²) in [6.45, 7) is 5.04. The second-order valence-electron chi connectivity index (χ2n) is 6.22. The van der Waals surface area contributed by atoms with E-state index >= 15 is 0 Å². The lowest BCUT2D eigenvalue weighted by Crippen LogP contribution is -2.34. The van der Waals surface area contributed by atoms with Crippen molar-refractivity contribution in [2.75, 3.05) is 11.9 Å². The van der Waals surface area contributed by atoms with Crippen molar-refractivity contribution in [3.05, 3.63) is 29.6 Å². The van der Waals surface area contributed by atoms with Gasteiger partial charge in [-0.3, -0.25) is 0 Å². The Kier molecular flexibility index (Phi) is 5.41. The molecule has 0 bridgehead atoms. The van der Waals surface area contributed by atoms with E-state index in [0.29, 0.717) is 12.1 Å². The molecule has 0 atom stereocenters. The molecule has 1 aliphatic carbocycles. The van der Waals surface area contributed by atoms with Crippen LogP contribution in [-0.2, 0) is 6.54 Å². The third kappa shape index (κ3) is 3.95. The van der Waals surface area contributed by atoms with Crippen molar-refractivity contribution in [1.82, 2.24) is 5.32 Å². The topological polar surface area (TPSA) is 15.3 Å². The lowest BCUT2D eigenvalue weighted by Gasteiger charge is -2.33. The average molecular weight is 278 g/mol. The number of halogens is 1. The van der Waals surface area contributed by atoms with Gasteiger partial charge in [-0.05, 0) is 30.5 Å². The largest absolute Gasteiger partial charge is 0.369 e. The van der Waals surface area contributed by atoms with E-state index < -0.39 is 0 Å². The number of anilines is 1. The van der Waals surface area contributed by atoms with Crippen LogP contribution in [-0.4, -0.2) is 19.1 Å². The first-order chi connectivity index (χ1) is 9.58. The first-order valence-electron chi connectivity index (χ1n) is 7.82. The van der Waals surface area contributed by atoms with Crippen LogP contribution in [0.1, 0.15) is 51.5 Å². The van der Waals surface area contributed by atoms with Gasteiger partial charge in [-0.25, -0.2) is 4.39 Å². The lowest BCUT2D eigenvalue weighted by molar-refractivity contribution is 0.424. The summed E-state index contributed by atoms with van der Waals surface area (Å²) in [5.41, 5.74) is 1.90. The highest BCUT2D eigenvalue weighted by atomic mass is 19.1. The number of hydrogen-bond acceptors (Lipinski definition) is 2. The number of benzene rings is 1. The Morgan fingerprint density at radius 1 is 1.25 bits per heavy atom. The van der Waals surface area contributed by atoms with Gasteiger partial charge < -0.3 is 10.2 Å². The standard InChI is InChI=1S/C17H27FN2/c1-13(2)19-12-14-9-10-16(18)17(11-14)20(3)15-7-5-4-6-8-15/h9-11,13,15,19H,4-8,12H2,1-3H3. The number of hydrogen-bond donors (Lipinski definition) is 1. The van der Waals surface area contributed by atoms with Crippen LogP contribution in [0.25, 0.3) is 0 Å². The van der Waals surface area contributed by atoms with E-state index in [-0.39, 0.29) is 5.82 Å². The van der Waals surface area contributed by atoms with Crippen LogP contribution in [0.5, 0.6) is 0 Å². The molecular weight excluding hydrogens is 251 g/mol. The van der Waals surface area contributed by atoms with Crippen molar-refractivity contribution in [1.29, 1.82) is 0 Å². The molecule has 1 aliphatic rings. The molecule has 0 spiro atoms. The molecule has 0 saturated heterocycles. The van der Waals surface area contributed by atoms with Crippen molar-refractivity contribution in [2.45, 2.75) is 64.6 Å². The molecule has 1 aromatic rings. The summed E-state index contributed by atoms with van der Waals surface area (Å²) in [6.07, 6.45) is 6.23. The van der Waals surface area contributed by atoms with E-state index in [2.05, 4.69) is 24.1 Å². The van der Waals surface area contributed by atoms with Crippen LogP contribution in [0, 0.1) is 5.82 Å². The molecule has 2 nitrogen and oxygen atoms in total. The highest BCUT2D eigenvalue weighted by Crippen LogP contribution is 2.28. The van der Waals surface area contributed by atoms with Crippen molar-refractivity contribution >= 4 is 5.69 Å². The van der Waals surface area contributed by atoms with Crippen LogP contribution in [0.2, 0.25) is 0 Å². The highest BCUT2D eigenvalue weighted by molar-refractivity contribution is 5.50. The number of nitrogens with zero attached hydrogens (tertiary/aromatic N) is 1. The van der Waals surface area contributed by atoms with Gasteiger partial charge in [0.2, 0.25) is 0 Å². The molecule has 112 valence electrons. The van der Waals surface area contributed by atoms with Gasteiger partial charge in [-0.15, -0.1) is 0 Å². The Hall–Kier alpha value is -1.09. The van der Waals surface area contributed by atoms with Crippen LogP contribution in [0.4, 0.5) is 10.1 Å². The molecule has 0 amide bonds. The van der Waals surface area contributed by atoms with Crippen molar-refractivity contribution in [3.63, 3.8) is 0 Å². The van der Waals surface area contributed by atoms with Crippen molar-refractivity contribution in [2.24, 2.45) is 0 Å². The van der Waals surface area contributed by atoms with E-state index in [1.807, 2.05) is 19.2 Å². The summed E-state index contributed by atoms with van der Waals surface area (Å²) in [4.78, 5) is 2.15. The molecule has 1 fully saturated rings. The molecule has 0 radical (unpaired) electrons. The molecule has 0 aliphatic heterocycles. The number of rotatable bonds is 5. The van der Waals surface area contributed by atoms with Gasteiger partial charge in [0.25, 0.3) is 0 Å². The quantitative estimate of drug-likeness (QED) is 0.872. The minimum Gasteiger partial charge on any atom is -0.369 e. The Morgan fingerprint density at radius 3 is 2.60 bits per heavy atom. The van der Waals surface area contributed by atoms with Crippen molar-refractivity contribution in [3.8, 4) is 0 Å². The monoisotopic (exact) mass is 278 g/mol. The average Bonchev–Trinajstić information content (AvgIpc) is 2.46. The third-order valence-electron chi connectivity index (χ3n) is 4.23. The van der Waals surface area contributed by atoms with Crippen molar-refractivity contribution < 1.29 is 4.39 Å². The maximum atomic E-state index is 14.1. The zero-order valence-electron chi connectivity index (χ0n) is 13.0. The lowest BCUT2D eigenvalue weighted by atomic mass is 9.94. The van der Waals surface area contributed by atoms with Gasteiger partial charge in [-0.1, -0.05) is 39.2 Å². The second-order valence-corrected chi connectivity index (χ2v) is 6.22. The molecule has 1 aromatic carbocycles. The van der Waals surface area contributed by atoms with Gasteiger partial charge in [0, 0.05) is 25.7 Å². The molecule has 1 saturated carbocycles. The summed E-state index contributed by atoms with van der Waals surface area (Å²) >= 11 is 0. The zero-order chi connectivity index (χ0) is 14.5. The normalized spacial score (nSPS) is 16.6. The Morgan fingerprint density at radius 2 is 1.95 bits per heavy atom. The third-order valence-corrected chi connectivity index (χ3v) is 4.23. The molecule has 2 rings (SSSR count). The minimum absolute atomic E-state index is 0.105. The molecule has 0 aromatic heterocycles. The van der Waals surface area contributed by atoms with Crippen LogP contribution < -0.4 is 10.2 Å². The fraction of sp³-hybridized carbons (Fsp3) is 0.647. The summed E-state index contributed by atoms with van der Waals surface area (Å²) < 4.78 is 14.1. The second kappa shape index (κ2) is 7.07. The molecule has 0 unspecified atom stereocenters. The SMILES string of the molecule is CC(C)NCc1ccc(F)c(N(C)C2CCCCC2)c1. The summed E-state index contributed by atoms with van der Waals surface area (Å²) in [7, 11) is 2.04. The zero-order valence-corrected chi connectivity index (χ0v) is 13.0. The predicted octanol–water partition coefficient (Wildman–Crippen LogP) is 4.09. The molecule has 1 N–H and O–H groups in total. The molecule has 3 heteroatoms. The van der Waals surface area contributed by atoms with Gasteiger partial charge in [0.1, 0.15) is 5.82 Å². The van der Waals surface area contributed by atoms with E-state index in [4.69, 9.17) is 0 Å². The maximum Gasteiger partial charge on any atom is 0.146 e. The fourth-order valence-electron chi connectivity index (χ4n) is 2.93. The smallest absolute Gasteiger partial charge is 0.146 e. The van der Waals surface area contributed by atoms with E-state index in [9.17, 15) is 4.39 Å². The van der Waals surface area contributed by atoms with E-state index in [1.54, 1.807) is 6.07 Å². The van der Waals surface area contributed by atoms with Gasteiger partial charge >= 0.3 is 0 Å². The van der Waals surface area contributed by atoms with E-state index in [1.165, 1.54) is 32.1 Å². The Bertz CT molecular complexity index is 425. The van der Waals surface area contributed by atoms with E-state index in [0.717, 1.165) is 17.8 Å². The Balaban J connectivity index is 2.10. The first-order valence-corrected chi connectivity index (χ1v) is 7.82.